The fourth-order valence-electron chi connectivity index (χ4n) is 4.69. The first-order valence-electron chi connectivity index (χ1n) is 12.3. The van der Waals surface area contributed by atoms with Crippen LogP contribution in [-0.4, -0.2) is 61.2 Å². The summed E-state index contributed by atoms with van der Waals surface area (Å²) in [7, 11) is 3.74. The predicted octanol–water partition coefficient (Wildman–Crippen LogP) is 6.29. The summed E-state index contributed by atoms with van der Waals surface area (Å²) in [6.07, 6.45) is 1.15. The third-order valence-corrected chi connectivity index (χ3v) is 7.54. The predicted molar refractivity (Wildman–Crippen MR) is 147 cm³/mol. The van der Waals surface area contributed by atoms with E-state index in [9.17, 15) is 13.2 Å². The number of anilines is 2. The Morgan fingerprint density at radius 1 is 1.16 bits per heavy atom. The molecular formula is C28H33F3N4OS. The summed E-state index contributed by atoms with van der Waals surface area (Å²) in [6.45, 7) is 2.50. The van der Waals surface area contributed by atoms with Gasteiger partial charge in [0.25, 0.3) is 0 Å². The highest BCUT2D eigenvalue weighted by Crippen LogP contribution is 2.32. The molecule has 0 bridgehead atoms. The number of rotatable bonds is 7. The smallest absolute Gasteiger partial charge is 0.406 e. The van der Waals surface area contributed by atoms with E-state index in [1.165, 1.54) is 10.8 Å². The van der Waals surface area contributed by atoms with Crippen molar-refractivity contribution in [1.29, 1.82) is 0 Å². The van der Waals surface area contributed by atoms with Gasteiger partial charge < -0.3 is 24.8 Å². The molecule has 5 nitrogen and oxygen atoms in total. The van der Waals surface area contributed by atoms with E-state index in [0.29, 0.717) is 23.7 Å². The summed E-state index contributed by atoms with van der Waals surface area (Å²) in [4.78, 5) is 3.43. The quantitative estimate of drug-likeness (QED) is 0.278. The van der Waals surface area contributed by atoms with Crippen LogP contribution in [0.1, 0.15) is 25.3 Å². The zero-order valence-corrected chi connectivity index (χ0v) is 22.4. The number of hydrogen-bond donors (Lipinski definition) is 2. The molecule has 2 unspecified atom stereocenters. The minimum absolute atomic E-state index is 0.252. The Labute approximate surface area is 220 Å². The zero-order valence-electron chi connectivity index (χ0n) is 21.6. The van der Waals surface area contributed by atoms with E-state index in [2.05, 4.69) is 41.3 Å². The molecule has 0 aliphatic carbocycles. The number of methoxy groups -OCH3 is 1. The summed E-state index contributed by atoms with van der Waals surface area (Å²) >= 11 is 1.64. The van der Waals surface area contributed by atoms with Crippen molar-refractivity contribution in [3.63, 3.8) is 0 Å². The molecule has 1 aliphatic rings. The van der Waals surface area contributed by atoms with Gasteiger partial charge in [-0.15, -0.1) is 11.8 Å². The van der Waals surface area contributed by atoms with Crippen molar-refractivity contribution in [2.45, 2.75) is 49.5 Å². The molecule has 2 N–H and O–H groups in total. The Balaban J connectivity index is 1.59. The second-order valence-electron chi connectivity index (χ2n) is 9.43. The molecule has 2 heterocycles. The summed E-state index contributed by atoms with van der Waals surface area (Å²) in [5, 5.41) is 7.65. The Morgan fingerprint density at radius 3 is 2.68 bits per heavy atom. The molecule has 37 heavy (non-hydrogen) atoms. The lowest BCUT2D eigenvalue weighted by Crippen LogP contribution is -2.42. The molecule has 1 fully saturated rings. The molecule has 1 saturated heterocycles. The lowest BCUT2D eigenvalue weighted by atomic mass is 9.98. The number of nitrogens with zero attached hydrogens (tertiary/aromatic N) is 2. The van der Waals surface area contributed by atoms with E-state index in [1.807, 2.05) is 30.5 Å². The number of alkyl halides is 3. The first kappa shape index (κ1) is 27.1. The SMILES string of the molecule is COc1cc(SC)ccc1NCC#Cc1cc(NC2CCN(C)C(C)C2)c2ccn(CC(F)(F)F)c2c1. The molecule has 2 atom stereocenters. The highest BCUT2D eigenvalue weighted by Gasteiger charge is 2.29. The number of ether oxygens (including phenoxy) is 1. The fraction of sp³-hybridized carbons (Fsp3) is 0.429. The van der Waals surface area contributed by atoms with Crippen LogP contribution in [0, 0.1) is 11.8 Å². The van der Waals surface area contributed by atoms with Crippen molar-refractivity contribution < 1.29 is 17.9 Å². The standard InChI is InChI=1S/C28H33F3N4OS/c1-19-14-21(9-12-34(19)2)33-25-15-20(16-26-23(25)10-13-35(26)18-28(29,30)31)6-5-11-32-24-8-7-22(37-4)17-27(24)36-3/h7-8,10,13,15-17,19,21,32-33H,9,11-12,14,18H2,1-4H3. The average Bonchev–Trinajstić information content (AvgIpc) is 3.25. The van der Waals surface area contributed by atoms with Crippen molar-refractivity contribution in [2.75, 3.05) is 44.1 Å². The third-order valence-electron chi connectivity index (χ3n) is 6.82. The molecular weight excluding hydrogens is 497 g/mol. The van der Waals surface area contributed by atoms with Gasteiger partial charge in [0.15, 0.2) is 0 Å². The summed E-state index contributed by atoms with van der Waals surface area (Å²) < 4.78 is 46.4. The number of nitrogens with one attached hydrogen (secondary N) is 2. The van der Waals surface area contributed by atoms with Crippen molar-refractivity contribution in [1.82, 2.24) is 9.47 Å². The lowest BCUT2D eigenvalue weighted by molar-refractivity contribution is -0.139. The van der Waals surface area contributed by atoms with E-state index in [4.69, 9.17) is 4.74 Å². The number of piperidine rings is 1. The van der Waals surface area contributed by atoms with Gasteiger partial charge in [0.1, 0.15) is 12.3 Å². The average molecular weight is 531 g/mol. The van der Waals surface area contributed by atoms with E-state index in [1.54, 1.807) is 31.0 Å². The largest absolute Gasteiger partial charge is 0.495 e. The summed E-state index contributed by atoms with van der Waals surface area (Å²) in [5.41, 5.74) is 2.86. The minimum atomic E-state index is -4.31. The molecule has 1 aliphatic heterocycles. The Bertz CT molecular complexity index is 1290. The van der Waals surface area contributed by atoms with Crippen molar-refractivity contribution in [3.8, 4) is 17.6 Å². The molecule has 0 saturated carbocycles. The number of halogens is 3. The maximum atomic E-state index is 13.2. The molecule has 3 aromatic rings. The van der Waals surface area contributed by atoms with Gasteiger partial charge in [-0.05, 0) is 69.5 Å². The van der Waals surface area contributed by atoms with E-state index < -0.39 is 12.7 Å². The van der Waals surface area contributed by atoms with Crippen LogP contribution in [-0.2, 0) is 6.54 Å². The highest BCUT2D eigenvalue weighted by atomic mass is 32.2. The van der Waals surface area contributed by atoms with Gasteiger partial charge in [-0.3, -0.25) is 0 Å². The van der Waals surface area contributed by atoms with Crippen molar-refractivity contribution >= 4 is 34.0 Å². The van der Waals surface area contributed by atoms with Gasteiger partial charge in [-0.1, -0.05) is 11.8 Å². The number of benzene rings is 2. The van der Waals surface area contributed by atoms with Gasteiger partial charge in [-0.25, -0.2) is 0 Å². The maximum Gasteiger partial charge on any atom is 0.406 e. The molecule has 9 heteroatoms. The Kier molecular flexibility index (Phi) is 8.50. The second kappa shape index (κ2) is 11.6. The number of fused-ring (bicyclic) bond motifs is 1. The molecule has 1 aromatic heterocycles. The van der Waals surface area contributed by atoms with E-state index in [0.717, 1.165) is 46.8 Å². The lowest BCUT2D eigenvalue weighted by Gasteiger charge is -2.36. The van der Waals surface area contributed by atoms with E-state index >= 15 is 0 Å². The molecule has 0 amide bonds. The zero-order chi connectivity index (χ0) is 26.6. The number of aromatic nitrogens is 1. The molecule has 2 aromatic carbocycles. The Morgan fingerprint density at radius 2 is 1.97 bits per heavy atom. The van der Waals surface area contributed by atoms with Crippen LogP contribution < -0.4 is 15.4 Å². The summed E-state index contributed by atoms with van der Waals surface area (Å²) in [6, 6.07) is 12.1. The van der Waals surface area contributed by atoms with Gasteiger partial charge >= 0.3 is 6.18 Å². The first-order chi connectivity index (χ1) is 17.7. The van der Waals surface area contributed by atoms with Crippen LogP contribution in [0.5, 0.6) is 5.75 Å². The molecule has 0 spiro atoms. The second-order valence-corrected chi connectivity index (χ2v) is 10.3. The van der Waals surface area contributed by atoms with Crippen molar-refractivity contribution in [2.24, 2.45) is 0 Å². The normalized spacial score (nSPS) is 18.4. The highest BCUT2D eigenvalue weighted by molar-refractivity contribution is 7.98. The monoisotopic (exact) mass is 530 g/mol. The minimum Gasteiger partial charge on any atom is -0.495 e. The van der Waals surface area contributed by atoms with Crippen LogP contribution in [0.3, 0.4) is 0 Å². The Hall–Kier alpha value is -2.96. The number of thioether (sulfide) groups is 1. The molecule has 198 valence electrons. The van der Waals surface area contributed by atoms with Crippen LogP contribution in [0.15, 0.2) is 47.5 Å². The van der Waals surface area contributed by atoms with Gasteiger partial charge in [0, 0.05) is 46.4 Å². The fourth-order valence-corrected chi connectivity index (χ4v) is 5.12. The first-order valence-corrected chi connectivity index (χ1v) is 13.5. The van der Waals surface area contributed by atoms with Crippen LogP contribution >= 0.6 is 11.8 Å². The van der Waals surface area contributed by atoms with E-state index in [-0.39, 0.29) is 6.04 Å². The van der Waals surface area contributed by atoms with Gasteiger partial charge in [0.2, 0.25) is 0 Å². The molecule has 4 rings (SSSR count). The number of likely N-dealkylation sites (tertiary alicyclic amines) is 1. The molecule has 0 radical (unpaired) electrons. The topological polar surface area (TPSA) is 41.5 Å². The third kappa shape index (κ3) is 6.88. The van der Waals surface area contributed by atoms with Gasteiger partial charge in [-0.2, -0.15) is 13.2 Å². The maximum absolute atomic E-state index is 13.2. The summed E-state index contributed by atoms with van der Waals surface area (Å²) in [5.74, 6) is 6.99. The van der Waals surface area contributed by atoms with Crippen LogP contribution in [0.4, 0.5) is 24.5 Å². The number of hydrogen-bond acceptors (Lipinski definition) is 5. The van der Waals surface area contributed by atoms with Crippen LogP contribution in [0.2, 0.25) is 0 Å². The van der Waals surface area contributed by atoms with Crippen molar-refractivity contribution in [3.05, 3.63) is 48.2 Å². The van der Waals surface area contributed by atoms with Gasteiger partial charge in [0.05, 0.1) is 24.9 Å². The van der Waals surface area contributed by atoms with Crippen LogP contribution in [0.25, 0.3) is 10.9 Å².